The van der Waals surface area contributed by atoms with Crippen LogP contribution in [0.5, 0.6) is 0 Å². The third kappa shape index (κ3) is 5.02. The minimum atomic E-state index is -3.51. The highest BCUT2D eigenvalue weighted by atomic mass is 32.2. The van der Waals surface area contributed by atoms with Gasteiger partial charge in [0.2, 0.25) is 15.9 Å². The van der Waals surface area contributed by atoms with Gasteiger partial charge in [0.05, 0.1) is 11.3 Å². The second kappa shape index (κ2) is 9.20. The van der Waals surface area contributed by atoms with Crippen molar-refractivity contribution in [3.05, 3.63) is 72.3 Å². The number of sulfonamides is 1. The summed E-state index contributed by atoms with van der Waals surface area (Å²) in [5.74, 6) is -0.142. The van der Waals surface area contributed by atoms with Crippen LogP contribution in [0.3, 0.4) is 0 Å². The molecular weight excluding hydrogens is 384 g/mol. The molecule has 0 spiro atoms. The Morgan fingerprint density at radius 1 is 0.966 bits per heavy atom. The fourth-order valence-corrected chi connectivity index (χ4v) is 4.43. The van der Waals surface area contributed by atoms with Crippen molar-refractivity contribution in [3.8, 4) is 0 Å². The molecule has 6 heteroatoms. The van der Waals surface area contributed by atoms with Gasteiger partial charge in [-0.25, -0.2) is 12.7 Å². The van der Waals surface area contributed by atoms with Crippen LogP contribution in [0, 0.1) is 0 Å². The van der Waals surface area contributed by atoms with E-state index in [2.05, 4.69) is 5.32 Å². The van der Waals surface area contributed by atoms with Gasteiger partial charge in [-0.2, -0.15) is 0 Å². The van der Waals surface area contributed by atoms with Gasteiger partial charge in [0.15, 0.2) is 0 Å². The van der Waals surface area contributed by atoms with Gasteiger partial charge in [0, 0.05) is 19.3 Å². The van der Waals surface area contributed by atoms with E-state index in [-0.39, 0.29) is 17.2 Å². The topological polar surface area (TPSA) is 66.5 Å². The number of carbonyl (C=O) groups is 1. The predicted molar refractivity (Wildman–Crippen MR) is 117 cm³/mol. The summed E-state index contributed by atoms with van der Waals surface area (Å²) in [6.07, 6.45) is 2.00. The average Bonchev–Trinajstić information content (AvgIpc) is 2.72. The van der Waals surface area contributed by atoms with Crippen LogP contribution in [0.4, 0.5) is 5.69 Å². The van der Waals surface area contributed by atoms with Gasteiger partial charge in [-0.05, 0) is 47.0 Å². The first-order valence-electron chi connectivity index (χ1n) is 9.74. The van der Waals surface area contributed by atoms with Crippen molar-refractivity contribution >= 4 is 32.4 Å². The van der Waals surface area contributed by atoms with Gasteiger partial charge in [0.1, 0.15) is 0 Å². The van der Waals surface area contributed by atoms with Gasteiger partial charge in [-0.1, -0.05) is 55.8 Å². The number of amides is 1. The molecule has 0 saturated carbocycles. The van der Waals surface area contributed by atoms with Gasteiger partial charge >= 0.3 is 0 Å². The number of benzene rings is 3. The van der Waals surface area contributed by atoms with E-state index in [1.54, 1.807) is 19.2 Å². The number of rotatable bonds is 8. The van der Waals surface area contributed by atoms with E-state index < -0.39 is 10.0 Å². The molecule has 0 unspecified atom stereocenters. The first kappa shape index (κ1) is 21.0. The van der Waals surface area contributed by atoms with Crippen molar-refractivity contribution in [1.82, 2.24) is 4.31 Å². The summed E-state index contributed by atoms with van der Waals surface area (Å²) in [6.45, 7) is 2.51. The summed E-state index contributed by atoms with van der Waals surface area (Å²) in [4.78, 5) is 12.7. The van der Waals surface area contributed by atoms with E-state index in [0.29, 0.717) is 12.2 Å². The van der Waals surface area contributed by atoms with Gasteiger partial charge < -0.3 is 5.32 Å². The molecule has 0 aliphatic rings. The van der Waals surface area contributed by atoms with Crippen LogP contribution in [-0.4, -0.2) is 32.2 Å². The molecular formula is C23H26N2O3S. The molecule has 152 valence electrons. The van der Waals surface area contributed by atoms with E-state index in [9.17, 15) is 13.2 Å². The van der Waals surface area contributed by atoms with Crippen molar-refractivity contribution in [2.45, 2.75) is 31.1 Å². The Kier molecular flexibility index (Phi) is 6.67. The van der Waals surface area contributed by atoms with Gasteiger partial charge in [-0.15, -0.1) is 0 Å². The van der Waals surface area contributed by atoms with Crippen LogP contribution in [0.1, 0.15) is 25.3 Å². The molecule has 0 heterocycles. The third-order valence-corrected chi connectivity index (χ3v) is 6.77. The monoisotopic (exact) mass is 410 g/mol. The fourth-order valence-electron chi connectivity index (χ4n) is 3.22. The number of unbranched alkanes of at least 4 members (excludes halogenated alkanes) is 1. The molecule has 29 heavy (non-hydrogen) atoms. The van der Waals surface area contributed by atoms with Crippen molar-refractivity contribution in [1.29, 1.82) is 0 Å². The summed E-state index contributed by atoms with van der Waals surface area (Å²) in [6, 6.07) is 20.2. The number of nitrogens with zero attached hydrogens (tertiary/aromatic N) is 1. The van der Waals surface area contributed by atoms with Crippen LogP contribution in [0.15, 0.2) is 71.6 Å². The molecule has 0 radical (unpaired) electrons. The Labute approximate surface area is 172 Å². The molecule has 1 amide bonds. The predicted octanol–water partition coefficient (Wildman–Crippen LogP) is 4.44. The lowest BCUT2D eigenvalue weighted by atomic mass is 10.0. The zero-order valence-corrected chi connectivity index (χ0v) is 17.6. The van der Waals surface area contributed by atoms with Crippen LogP contribution in [0.25, 0.3) is 10.8 Å². The highest BCUT2D eigenvalue weighted by Crippen LogP contribution is 2.21. The molecule has 0 atom stereocenters. The maximum Gasteiger partial charge on any atom is 0.242 e. The molecule has 5 nitrogen and oxygen atoms in total. The molecule has 0 aromatic heterocycles. The average molecular weight is 411 g/mol. The summed E-state index contributed by atoms with van der Waals surface area (Å²) in [5, 5.41) is 5.00. The number of fused-ring (bicyclic) bond motifs is 1. The normalized spacial score (nSPS) is 11.7. The highest BCUT2D eigenvalue weighted by Gasteiger charge is 2.20. The first-order valence-corrected chi connectivity index (χ1v) is 11.2. The van der Waals surface area contributed by atoms with E-state index in [1.165, 1.54) is 16.4 Å². The molecule has 0 saturated heterocycles. The molecule has 0 aliphatic carbocycles. The lowest BCUT2D eigenvalue weighted by Crippen LogP contribution is -2.27. The Balaban J connectivity index is 1.68. The smallest absolute Gasteiger partial charge is 0.242 e. The SMILES string of the molecule is CCCCN(C)S(=O)(=O)c1ccc(NC(=O)Cc2cccc3ccccc23)cc1. The molecule has 3 aromatic rings. The molecule has 3 aromatic carbocycles. The Morgan fingerprint density at radius 3 is 2.38 bits per heavy atom. The molecule has 0 bridgehead atoms. The number of anilines is 1. The molecule has 1 N–H and O–H groups in total. The maximum absolute atomic E-state index is 12.6. The summed E-state index contributed by atoms with van der Waals surface area (Å²) >= 11 is 0. The Bertz CT molecular complexity index is 1090. The van der Waals surface area contributed by atoms with E-state index in [4.69, 9.17) is 0 Å². The summed E-state index contributed by atoms with van der Waals surface area (Å²) in [7, 11) is -1.92. The fraction of sp³-hybridized carbons (Fsp3) is 0.261. The van der Waals surface area contributed by atoms with Gasteiger partial charge in [0.25, 0.3) is 0 Å². The van der Waals surface area contributed by atoms with E-state index >= 15 is 0 Å². The number of hydrogen-bond donors (Lipinski definition) is 1. The zero-order valence-electron chi connectivity index (χ0n) is 16.8. The van der Waals surface area contributed by atoms with Crippen LogP contribution < -0.4 is 5.32 Å². The van der Waals surface area contributed by atoms with Crippen LogP contribution in [0.2, 0.25) is 0 Å². The summed E-state index contributed by atoms with van der Waals surface area (Å²) in [5.41, 5.74) is 1.53. The number of carbonyl (C=O) groups excluding carboxylic acids is 1. The Hall–Kier alpha value is -2.70. The van der Waals surface area contributed by atoms with Crippen molar-refractivity contribution in [2.75, 3.05) is 18.9 Å². The highest BCUT2D eigenvalue weighted by molar-refractivity contribution is 7.89. The van der Waals surface area contributed by atoms with E-state index in [1.807, 2.05) is 49.4 Å². The minimum absolute atomic E-state index is 0.142. The van der Waals surface area contributed by atoms with Crippen molar-refractivity contribution in [2.24, 2.45) is 0 Å². The standard InChI is InChI=1S/C23H26N2O3S/c1-3-4-16-25(2)29(27,28)21-14-12-20(13-15-21)24-23(26)17-19-10-7-9-18-8-5-6-11-22(18)19/h5-15H,3-4,16-17H2,1-2H3,(H,24,26). The first-order chi connectivity index (χ1) is 13.9. The lowest BCUT2D eigenvalue weighted by Gasteiger charge is -2.17. The van der Waals surface area contributed by atoms with Gasteiger partial charge in [-0.3, -0.25) is 4.79 Å². The second-order valence-electron chi connectivity index (χ2n) is 7.07. The molecule has 0 fully saturated rings. The van der Waals surface area contributed by atoms with E-state index in [0.717, 1.165) is 29.2 Å². The third-order valence-electron chi connectivity index (χ3n) is 4.90. The quantitative estimate of drug-likeness (QED) is 0.597. The zero-order chi connectivity index (χ0) is 20.9. The lowest BCUT2D eigenvalue weighted by molar-refractivity contribution is -0.115. The summed E-state index contributed by atoms with van der Waals surface area (Å²) < 4.78 is 26.5. The van der Waals surface area contributed by atoms with Crippen LogP contribution in [-0.2, 0) is 21.2 Å². The molecule has 0 aliphatic heterocycles. The maximum atomic E-state index is 12.6. The van der Waals surface area contributed by atoms with Crippen molar-refractivity contribution < 1.29 is 13.2 Å². The van der Waals surface area contributed by atoms with Crippen molar-refractivity contribution in [3.63, 3.8) is 0 Å². The number of nitrogens with one attached hydrogen (secondary N) is 1. The Morgan fingerprint density at radius 2 is 1.66 bits per heavy atom. The largest absolute Gasteiger partial charge is 0.326 e. The molecule has 3 rings (SSSR count). The van der Waals surface area contributed by atoms with Crippen LogP contribution >= 0.6 is 0 Å². The number of hydrogen-bond acceptors (Lipinski definition) is 3. The minimum Gasteiger partial charge on any atom is -0.326 e. The second-order valence-corrected chi connectivity index (χ2v) is 9.11.